The molecule has 0 aliphatic carbocycles. The van der Waals surface area contributed by atoms with Gasteiger partial charge in [-0.1, -0.05) is 146 Å². The van der Waals surface area contributed by atoms with Crippen molar-refractivity contribution in [2.24, 2.45) is 0 Å². The van der Waals surface area contributed by atoms with Gasteiger partial charge in [0.1, 0.15) is 22.3 Å². The topological polar surface area (TPSA) is 34.5 Å². The van der Waals surface area contributed by atoms with Crippen molar-refractivity contribution in [3.05, 3.63) is 231 Å². The molecule has 0 amide bonds. The second-order valence-electron chi connectivity index (χ2n) is 16.5. The van der Waals surface area contributed by atoms with Gasteiger partial charge in [-0.25, -0.2) is 0 Å². The zero-order valence-electron chi connectivity index (χ0n) is 34.7. The normalized spacial score (nSPS) is 11.8. The summed E-state index contributed by atoms with van der Waals surface area (Å²) in [5.41, 5.74) is 17.1. The number of para-hydroxylation sites is 4. The van der Waals surface area contributed by atoms with E-state index in [0.717, 1.165) is 106 Å². The van der Waals surface area contributed by atoms with Gasteiger partial charge in [-0.05, 0) is 113 Å². The zero-order valence-corrected chi connectivity index (χ0v) is 34.7. The first-order valence-corrected chi connectivity index (χ1v) is 21.7. The lowest BCUT2D eigenvalue weighted by Crippen LogP contribution is -2.10. The van der Waals surface area contributed by atoms with E-state index in [1.165, 1.54) is 16.3 Å². The molecule has 0 unspecified atom stereocenters. The number of anilines is 3. The Morgan fingerprint density at radius 1 is 0.297 bits per heavy atom. The van der Waals surface area contributed by atoms with Crippen LogP contribution >= 0.6 is 0 Å². The van der Waals surface area contributed by atoms with E-state index < -0.39 is 0 Å². The number of aromatic nitrogens is 1. The Hall–Kier alpha value is -8.60. The van der Waals surface area contributed by atoms with E-state index >= 15 is 0 Å². The monoisotopic (exact) mass is 818 g/mol. The number of hydrogen-bond donors (Lipinski definition) is 0. The molecule has 10 aromatic carbocycles. The number of furan rings is 2. The third-order valence-corrected chi connectivity index (χ3v) is 12.8. The Balaban J connectivity index is 0.927. The van der Waals surface area contributed by atoms with Crippen LogP contribution in [0.2, 0.25) is 0 Å². The summed E-state index contributed by atoms with van der Waals surface area (Å²) >= 11 is 0. The van der Waals surface area contributed by atoms with Crippen LogP contribution in [0.5, 0.6) is 0 Å². The first-order chi connectivity index (χ1) is 31.7. The fourth-order valence-corrected chi connectivity index (χ4v) is 9.74. The lowest BCUT2D eigenvalue weighted by molar-refractivity contribution is 0.669. The maximum atomic E-state index is 6.52. The van der Waals surface area contributed by atoms with E-state index in [2.05, 4.69) is 222 Å². The SMILES string of the molecule is c1ccc(-c2cccc3c2oc2ccc(-c4ccc(N(c5ccc(-c6ccc7oc8ccccc8c7c6)cc5)c5ccc6c7ccccc7n(-c7ccccc7)c6c5)cc4)cc23)cc1. The predicted octanol–water partition coefficient (Wildman–Crippen LogP) is 17.1. The van der Waals surface area contributed by atoms with Gasteiger partial charge in [0.2, 0.25) is 0 Å². The van der Waals surface area contributed by atoms with E-state index in [9.17, 15) is 0 Å². The van der Waals surface area contributed by atoms with Gasteiger partial charge in [-0.3, -0.25) is 0 Å². The van der Waals surface area contributed by atoms with Crippen LogP contribution in [-0.2, 0) is 0 Å². The van der Waals surface area contributed by atoms with Crippen molar-refractivity contribution in [3.63, 3.8) is 0 Å². The van der Waals surface area contributed by atoms with Crippen molar-refractivity contribution < 1.29 is 8.83 Å². The van der Waals surface area contributed by atoms with Gasteiger partial charge in [0.05, 0.1) is 11.0 Å². The summed E-state index contributed by atoms with van der Waals surface area (Å²) in [6.07, 6.45) is 0. The average Bonchev–Trinajstić information content (AvgIpc) is 4.04. The first-order valence-electron chi connectivity index (χ1n) is 21.7. The van der Waals surface area contributed by atoms with Gasteiger partial charge < -0.3 is 18.3 Å². The molecule has 300 valence electrons. The van der Waals surface area contributed by atoms with Crippen molar-refractivity contribution >= 4 is 82.7 Å². The average molecular weight is 819 g/mol. The Labute approximate surface area is 369 Å². The van der Waals surface area contributed by atoms with Gasteiger partial charge >= 0.3 is 0 Å². The molecule has 0 saturated carbocycles. The summed E-state index contributed by atoms with van der Waals surface area (Å²) < 4.78 is 15.1. The molecule has 64 heavy (non-hydrogen) atoms. The standard InChI is InChI=1S/C60H38N2O2/c1-3-12-41(13-4-1)48-18-11-19-52-54-37-43(27-35-59(54)64-60(48)52)40-24-30-46(31-25-40)61(45-28-22-39(23-29-45)42-26-34-58-53(36-42)51-17-8-10-21-57(51)63-58)47-32-33-50-49-16-7-9-20-55(49)62(56(50)38-47)44-14-5-2-6-15-44/h1-38H. The van der Waals surface area contributed by atoms with E-state index in [1.807, 2.05) is 18.2 Å². The number of rotatable bonds is 7. The number of fused-ring (bicyclic) bond motifs is 9. The molecule has 0 aliphatic heterocycles. The highest BCUT2D eigenvalue weighted by atomic mass is 16.3. The van der Waals surface area contributed by atoms with Crippen LogP contribution in [0.4, 0.5) is 17.1 Å². The van der Waals surface area contributed by atoms with Crippen LogP contribution in [0.1, 0.15) is 0 Å². The van der Waals surface area contributed by atoms with Crippen LogP contribution in [0, 0.1) is 0 Å². The van der Waals surface area contributed by atoms with Crippen molar-refractivity contribution in [2.75, 3.05) is 4.90 Å². The van der Waals surface area contributed by atoms with E-state index in [-0.39, 0.29) is 0 Å². The van der Waals surface area contributed by atoms with Crippen LogP contribution < -0.4 is 4.90 Å². The van der Waals surface area contributed by atoms with Crippen LogP contribution in [0.15, 0.2) is 239 Å². The molecular formula is C60H38N2O2. The summed E-state index contributed by atoms with van der Waals surface area (Å²) in [6.45, 7) is 0. The molecule has 0 aliphatic rings. The van der Waals surface area contributed by atoms with Crippen LogP contribution in [0.25, 0.3) is 105 Å². The highest BCUT2D eigenvalue weighted by Crippen LogP contribution is 2.42. The molecule has 13 aromatic rings. The molecule has 0 fully saturated rings. The molecular weight excluding hydrogens is 781 g/mol. The van der Waals surface area contributed by atoms with E-state index in [0.29, 0.717) is 0 Å². The van der Waals surface area contributed by atoms with Gasteiger partial charge in [0.25, 0.3) is 0 Å². The molecule has 4 heteroatoms. The minimum absolute atomic E-state index is 0.884. The summed E-state index contributed by atoms with van der Waals surface area (Å²) in [7, 11) is 0. The Bertz CT molecular complexity index is 3880. The molecule has 0 N–H and O–H groups in total. The minimum atomic E-state index is 0.884. The summed E-state index contributed by atoms with van der Waals surface area (Å²) in [4.78, 5) is 2.37. The lowest BCUT2D eigenvalue weighted by atomic mass is 10.00. The Morgan fingerprint density at radius 2 is 0.828 bits per heavy atom. The molecule has 13 rings (SSSR count). The third kappa shape index (κ3) is 5.84. The maximum Gasteiger partial charge on any atom is 0.143 e. The third-order valence-electron chi connectivity index (χ3n) is 12.8. The van der Waals surface area contributed by atoms with Crippen molar-refractivity contribution in [2.45, 2.75) is 0 Å². The van der Waals surface area contributed by atoms with E-state index in [4.69, 9.17) is 8.83 Å². The molecule has 0 spiro atoms. The predicted molar refractivity (Wildman–Crippen MR) is 266 cm³/mol. The highest BCUT2D eigenvalue weighted by molar-refractivity contribution is 6.12. The summed E-state index contributed by atoms with van der Waals surface area (Å²) in [5, 5.41) is 6.93. The van der Waals surface area contributed by atoms with E-state index in [1.54, 1.807) is 0 Å². The van der Waals surface area contributed by atoms with Gasteiger partial charge in [0, 0.05) is 60.6 Å². The first kappa shape index (κ1) is 36.1. The zero-order chi connectivity index (χ0) is 42.1. The van der Waals surface area contributed by atoms with Crippen LogP contribution in [-0.4, -0.2) is 4.57 Å². The Morgan fingerprint density at radius 3 is 1.55 bits per heavy atom. The molecule has 0 bridgehead atoms. The van der Waals surface area contributed by atoms with Crippen molar-refractivity contribution in [1.29, 1.82) is 0 Å². The number of nitrogens with zero attached hydrogens (tertiary/aromatic N) is 2. The van der Waals surface area contributed by atoms with Gasteiger partial charge in [0.15, 0.2) is 0 Å². The van der Waals surface area contributed by atoms with Crippen molar-refractivity contribution in [1.82, 2.24) is 4.57 Å². The highest BCUT2D eigenvalue weighted by Gasteiger charge is 2.19. The van der Waals surface area contributed by atoms with Crippen molar-refractivity contribution in [3.8, 4) is 39.1 Å². The lowest BCUT2D eigenvalue weighted by Gasteiger charge is -2.26. The number of benzene rings is 10. The molecule has 3 aromatic heterocycles. The molecule has 0 radical (unpaired) electrons. The number of hydrogen-bond acceptors (Lipinski definition) is 3. The minimum Gasteiger partial charge on any atom is -0.456 e. The van der Waals surface area contributed by atoms with Gasteiger partial charge in [-0.15, -0.1) is 0 Å². The molecule has 0 saturated heterocycles. The summed E-state index contributed by atoms with van der Waals surface area (Å²) in [5.74, 6) is 0. The molecule has 0 atom stereocenters. The quantitative estimate of drug-likeness (QED) is 0.161. The van der Waals surface area contributed by atoms with Gasteiger partial charge in [-0.2, -0.15) is 0 Å². The maximum absolute atomic E-state index is 6.52. The van der Waals surface area contributed by atoms with Crippen LogP contribution in [0.3, 0.4) is 0 Å². The fourth-order valence-electron chi connectivity index (χ4n) is 9.74. The summed E-state index contributed by atoms with van der Waals surface area (Å²) in [6, 6.07) is 82.2. The fraction of sp³-hybridized carbons (Fsp3) is 0. The molecule has 4 nitrogen and oxygen atoms in total. The second-order valence-corrected chi connectivity index (χ2v) is 16.5. The molecule has 3 heterocycles. The smallest absolute Gasteiger partial charge is 0.143 e. The second kappa shape index (κ2) is 14.5. The Kier molecular flexibility index (Phi) is 8.18. The largest absolute Gasteiger partial charge is 0.456 e.